The number of hydrogen-bond acceptors (Lipinski definition) is 5. The zero-order valence-electron chi connectivity index (χ0n) is 15.1. The average molecular weight is 354 g/mol. The molecule has 0 aliphatic rings. The molecule has 2 aromatic rings. The molecule has 2 rings (SSSR count). The van der Waals surface area contributed by atoms with Gasteiger partial charge in [-0.15, -0.1) is 5.11 Å². The Morgan fingerprint density at radius 1 is 1.04 bits per heavy atom. The van der Waals surface area contributed by atoms with Gasteiger partial charge in [0, 0.05) is 25.7 Å². The molecule has 0 fully saturated rings. The summed E-state index contributed by atoms with van der Waals surface area (Å²) in [6, 6.07) is 11.7. The van der Waals surface area contributed by atoms with Gasteiger partial charge in [-0.1, -0.05) is 0 Å². The maximum absolute atomic E-state index is 11.5. The maximum atomic E-state index is 11.5. The van der Waals surface area contributed by atoms with Crippen molar-refractivity contribution in [2.45, 2.75) is 20.8 Å². The molecule has 1 amide bonds. The van der Waals surface area contributed by atoms with E-state index in [4.69, 9.17) is 5.11 Å². The van der Waals surface area contributed by atoms with Gasteiger partial charge in [-0.3, -0.25) is 4.79 Å². The van der Waals surface area contributed by atoms with Gasteiger partial charge in [0.15, 0.2) is 0 Å². The number of carboxylic acids is 1. The van der Waals surface area contributed by atoms with Crippen molar-refractivity contribution in [3.8, 4) is 0 Å². The van der Waals surface area contributed by atoms with E-state index in [0.29, 0.717) is 17.1 Å². The highest BCUT2D eigenvalue weighted by Crippen LogP contribution is 2.31. The number of nitrogens with zero attached hydrogens (tertiary/aromatic N) is 3. The van der Waals surface area contributed by atoms with Crippen molar-refractivity contribution in [2.24, 2.45) is 10.2 Å². The number of carbonyl (C=O) groups excluding carboxylic acids is 1. The fraction of sp³-hybridized carbons (Fsp3) is 0.263. The van der Waals surface area contributed by atoms with E-state index in [0.717, 1.165) is 18.8 Å². The van der Waals surface area contributed by atoms with Gasteiger partial charge in [0.05, 0.1) is 16.9 Å². The van der Waals surface area contributed by atoms with Gasteiger partial charge in [0.2, 0.25) is 5.91 Å². The number of azo groups is 1. The molecule has 0 aliphatic carbocycles. The van der Waals surface area contributed by atoms with Crippen LogP contribution in [-0.4, -0.2) is 30.1 Å². The molecule has 26 heavy (non-hydrogen) atoms. The second kappa shape index (κ2) is 8.75. The molecule has 0 atom stereocenters. The second-order valence-corrected chi connectivity index (χ2v) is 5.61. The van der Waals surface area contributed by atoms with Crippen molar-refractivity contribution >= 4 is 34.6 Å². The number of amides is 1. The van der Waals surface area contributed by atoms with Crippen LogP contribution in [0.15, 0.2) is 52.7 Å². The van der Waals surface area contributed by atoms with E-state index in [1.165, 1.54) is 19.1 Å². The van der Waals surface area contributed by atoms with E-state index in [1.807, 2.05) is 12.1 Å². The number of anilines is 2. The Kier molecular flexibility index (Phi) is 6.43. The summed E-state index contributed by atoms with van der Waals surface area (Å²) in [5, 5.41) is 20.0. The lowest BCUT2D eigenvalue weighted by atomic mass is 10.2. The summed E-state index contributed by atoms with van der Waals surface area (Å²) in [6.07, 6.45) is 0. The average Bonchev–Trinajstić information content (AvgIpc) is 2.62. The predicted molar refractivity (Wildman–Crippen MR) is 102 cm³/mol. The number of carboxylic acid groups (broad SMARTS) is 1. The van der Waals surface area contributed by atoms with Crippen LogP contribution in [0.25, 0.3) is 0 Å². The van der Waals surface area contributed by atoms with Crippen molar-refractivity contribution < 1.29 is 14.7 Å². The highest BCUT2D eigenvalue weighted by atomic mass is 16.4. The number of hydrogen-bond donors (Lipinski definition) is 2. The van der Waals surface area contributed by atoms with Gasteiger partial charge in [0.1, 0.15) is 5.69 Å². The third-order valence-electron chi connectivity index (χ3n) is 3.81. The first kappa shape index (κ1) is 19.1. The minimum Gasteiger partial charge on any atom is -0.478 e. The summed E-state index contributed by atoms with van der Waals surface area (Å²) < 4.78 is 0. The number of benzene rings is 2. The quantitative estimate of drug-likeness (QED) is 0.710. The van der Waals surface area contributed by atoms with Gasteiger partial charge in [-0.2, -0.15) is 5.11 Å². The Balaban J connectivity index is 2.31. The van der Waals surface area contributed by atoms with E-state index in [2.05, 4.69) is 34.3 Å². The Morgan fingerprint density at radius 2 is 1.69 bits per heavy atom. The first-order valence-corrected chi connectivity index (χ1v) is 8.36. The first-order valence-electron chi connectivity index (χ1n) is 8.36. The molecule has 0 saturated heterocycles. The highest BCUT2D eigenvalue weighted by Gasteiger charge is 2.09. The van der Waals surface area contributed by atoms with Gasteiger partial charge in [0.25, 0.3) is 0 Å². The molecular weight excluding hydrogens is 332 g/mol. The lowest BCUT2D eigenvalue weighted by molar-refractivity contribution is -0.114. The lowest BCUT2D eigenvalue weighted by Crippen LogP contribution is -2.21. The van der Waals surface area contributed by atoms with E-state index in [1.54, 1.807) is 18.2 Å². The topological polar surface area (TPSA) is 94.4 Å². The van der Waals surface area contributed by atoms with Crippen LogP contribution in [0.4, 0.5) is 22.7 Å². The monoisotopic (exact) mass is 354 g/mol. The Labute approximate surface area is 152 Å². The largest absolute Gasteiger partial charge is 0.478 e. The van der Waals surface area contributed by atoms with Crippen molar-refractivity contribution in [3.05, 3.63) is 48.0 Å². The molecule has 0 radical (unpaired) electrons. The molecule has 0 heterocycles. The van der Waals surface area contributed by atoms with Gasteiger partial charge in [-0.05, 0) is 56.3 Å². The third kappa shape index (κ3) is 4.89. The van der Waals surface area contributed by atoms with E-state index in [-0.39, 0.29) is 11.5 Å². The smallest absolute Gasteiger partial charge is 0.335 e. The summed E-state index contributed by atoms with van der Waals surface area (Å²) in [5.41, 5.74) is 2.80. The predicted octanol–water partition coefficient (Wildman–Crippen LogP) is 4.60. The maximum Gasteiger partial charge on any atom is 0.335 e. The third-order valence-corrected chi connectivity index (χ3v) is 3.81. The molecule has 0 aliphatic heterocycles. The zero-order valence-corrected chi connectivity index (χ0v) is 15.1. The molecule has 0 unspecified atom stereocenters. The van der Waals surface area contributed by atoms with Crippen LogP contribution in [-0.2, 0) is 4.79 Å². The molecule has 0 spiro atoms. The van der Waals surface area contributed by atoms with Crippen LogP contribution in [0.3, 0.4) is 0 Å². The molecule has 7 heteroatoms. The summed E-state index contributed by atoms with van der Waals surface area (Å²) in [5.74, 6) is -1.18. The fourth-order valence-corrected chi connectivity index (χ4v) is 2.47. The van der Waals surface area contributed by atoms with E-state index in [9.17, 15) is 9.59 Å². The molecule has 0 aromatic heterocycles. The minimum absolute atomic E-state index is 0.187. The van der Waals surface area contributed by atoms with Gasteiger partial charge in [-0.25, -0.2) is 4.79 Å². The summed E-state index contributed by atoms with van der Waals surface area (Å²) >= 11 is 0. The normalized spacial score (nSPS) is 10.7. The van der Waals surface area contributed by atoms with Gasteiger partial charge >= 0.3 is 5.97 Å². The first-order chi connectivity index (χ1) is 12.4. The number of nitrogens with one attached hydrogen (secondary N) is 1. The Bertz CT molecular complexity index is 812. The number of aromatic carboxylic acids is 1. The number of carbonyl (C=O) groups is 2. The van der Waals surface area contributed by atoms with Crippen molar-refractivity contribution in [2.75, 3.05) is 23.3 Å². The molecule has 0 bridgehead atoms. The molecule has 2 aromatic carbocycles. The minimum atomic E-state index is -0.992. The molecular formula is C19H22N4O3. The second-order valence-electron chi connectivity index (χ2n) is 5.61. The zero-order chi connectivity index (χ0) is 19.1. The van der Waals surface area contributed by atoms with Crippen molar-refractivity contribution in [3.63, 3.8) is 0 Å². The molecule has 7 nitrogen and oxygen atoms in total. The van der Waals surface area contributed by atoms with E-state index >= 15 is 0 Å². The van der Waals surface area contributed by atoms with Crippen LogP contribution in [0, 0.1) is 0 Å². The summed E-state index contributed by atoms with van der Waals surface area (Å²) in [6.45, 7) is 7.28. The lowest BCUT2D eigenvalue weighted by Gasteiger charge is -2.22. The van der Waals surface area contributed by atoms with Crippen LogP contribution < -0.4 is 10.2 Å². The Morgan fingerprint density at radius 3 is 2.23 bits per heavy atom. The van der Waals surface area contributed by atoms with Crippen LogP contribution >= 0.6 is 0 Å². The Hall–Kier alpha value is -3.22. The summed E-state index contributed by atoms with van der Waals surface area (Å²) in [4.78, 5) is 24.5. The number of rotatable bonds is 7. The SMILES string of the molecule is CCN(CC)c1ccc(N=Nc2ccc(C(=O)O)cc2)c(NC(C)=O)c1. The van der Waals surface area contributed by atoms with E-state index < -0.39 is 5.97 Å². The van der Waals surface area contributed by atoms with Crippen molar-refractivity contribution in [1.29, 1.82) is 0 Å². The van der Waals surface area contributed by atoms with Crippen LogP contribution in [0.1, 0.15) is 31.1 Å². The van der Waals surface area contributed by atoms with Crippen LogP contribution in [0.2, 0.25) is 0 Å². The standard InChI is InChI=1S/C19H22N4O3/c1-4-23(5-2)16-10-11-17(18(12-16)20-13(3)24)22-21-15-8-6-14(7-9-15)19(25)26/h6-12H,4-5H2,1-3H3,(H,20,24)(H,25,26). The molecule has 2 N–H and O–H groups in total. The molecule has 0 saturated carbocycles. The fourth-order valence-electron chi connectivity index (χ4n) is 2.47. The molecule has 136 valence electrons. The van der Waals surface area contributed by atoms with Gasteiger partial charge < -0.3 is 15.3 Å². The highest BCUT2D eigenvalue weighted by molar-refractivity contribution is 5.93. The summed E-state index contributed by atoms with van der Waals surface area (Å²) in [7, 11) is 0. The van der Waals surface area contributed by atoms with Crippen LogP contribution in [0.5, 0.6) is 0 Å². The van der Waals surface area contributed by atoms with Crippen molar-refractivity contribution in [1.82, 2.24) is 0 Å².